The SMILES string of the molecule is CC(Oc1ccc(C#N)cc1)C(=O)N1CCC(NC(=O)c2ccccc2)CC1. The fraction of sp³-hybridized carbons (Fsp3) is 0.318. The number of carbonyl (C=O) groups excluding carboxylic acids is 2. The van der Waals surface area contributed by atoms with Crippen molar-refractivity contribution in [2.24, 2.45) is 0 Å². The van der Waals surface area contributed by atoms with E-state index in [0.717, 1.165) is 0 Å². The van der Waals surface area contributed by atoms with Crippen LogP contribution in [0.1, 0.15) is 35.7 Å². The van der Waals surface area contributed by atoms with Crippen LogP contribution in [0, 0.1) is 11.3 Å². The Morgan fingerprint density at radius 2 is 1.75 bits per heavy atom. The largest absolute Gasteiger partial charge is 0.481 e. The van der Waals surface area contributed by atoms with Crippen molar-refractivity contribution in [3.63, 3.8) is 0 Å². The van der Waals surface area contributed by atoms with Gasteiger partial charge in [-0.3, -0.25) is 9.59 Å². The Morgan fingerprint density at radius 1 is 1.11 bits per heavy atom. The summed E-state index contributed by atoms with van der Waals surface area (Å²) >= 11 is 0. The molecule has 2 amide bonds. The van der Waals surface area contributed by atoms with Crippen LogP contribution < -0.4 is 10.1 Å². The van der Waals surface area contributed by atoms with Gasteiger partial charge < -0.3 is 15.0 Å². The number of amides is 2. The quantitative estimate of drug-likeness (QED) is 0.869. The number of carbonyl (C=O) groups is 2. The van der Waals surface area contributed by atoms with Crippen LogP contribution in [0.5, 0.6) is 5.75 Å². The summed E-state index contributed by atoms with van der Waals surface area (Å²) in [6.45, 7) is 2.89. The Bertz CT molecular complexity index is 851. The summed E-state index contributed by atoms with van der Waals surface area (Å²) in [5.74, 6) is 0.407. The summed E-state index contributed by atoms with van der Waals surface area (Å²) in [5.41, 5.74) is 1.19. The van der Waals surface area contributed by atoms with Gasteiger partial charge in [0.15, 0.2) is 6.10 Å². The lowest BCUT2D eigenvalue weighted by atomic mass is 10.0. The van der Waals surface area contributed by atoms with Gasteiger partial charge in [0, 0.05) is 24.7 Å². The molecule has 1 heterocycles. The van der Waals surface area contributed by atoms with Crippen LogP contribution >= 0.6 is 0 Å². The zero-order valence-corrected chi connectivity index (χ0v) is 15.8. The molecule has 1 fully saturated rings. The van der Waals surface area contributed by atoms with E-state index in [2.05, 4.69) is 5.32 Å². The Labute approximate surface area is 164 Å². The van der Waals surface area contributed by atoms with Crippen LogP contribution in [0.15, 0.2) is 54.6 Å². The molecule has 1 atom stereocenters. The van der Waals surface area contributed by atoms with Gasteiger partial charge in [-0.2, -0.15) is 5.26 Å². The minimum atomic E-state index is -0.608. The lowest BCUT2D eigenvalue weighted by Crippen LogP contribution is -2.49. The van der Waals surface area contributed by atoms with E-state index in [1.54, 1.807) is 48.2 Å². The highest BCUT2D eigenvalue weighted by atomic mass is 16.5. The highest BCUT2D eigenvalue weighted by molar-refractivity contribution is 5.94. The number of hydrogen-bond donors (Lipinski definition) is 1. The molecule has 0 bridgehead atoms. The molecule has 1 aliphatic rings. The molecule has 2 aromatic rings. The Kier molecular flexibility index (Phi) is 6.28. The maximum Gasteiger partial charge on any atom is 0.263 e. The van der Waals surface area contributed by atoms with Gasteiger partial charge in [-0.25, -0.2) is 0 Å². The van der Waals surface area contributed by atoms with Gasteiger partial charge in [0.25, 0.3) is 11.8 Å². The third-order valence-electron chi connectivity index (χ3n) is 4.82. The normalized spacial score (nSPS) is 15.4. The van der Waals surface area contributed by atoms with Gasteiger partial charge in [0.1, 0.15) is 5.75 Å². The monoisotopic (exact) mass is 377 g/mol. The number of nitriles is 1. The van der Waals surface area contributed by atoms with E-state index in [0.29, 0.717) is 42.8 Å². The summed E-state index contributed by atoms with van der Waals surface area (Å²) < 4.78 is 5.71. The standard InChI is InChI=1S/C22H23N3O3/c1-16(28-20-9-7-17(15-23)8-10-20)22(27)25-13-11-19(12-14-25)24-21(26)18-5-3-2-4-6-18/h2-10,16,19H,11-14H2,1H3,(H,24,26). The van der Waals surface area contributed by atoms with Crippen LogP contribution in [0.2, 0.25) is 0 Å². The lowest BCUT2D eigenvalue weighted by molar-refractivity contribution is -0.139. The molecule has 1 unspecified atom stereocenters. The van der Waals surface area contributed by atoms with Crippen LogP contribution in [0.25, 0.3) is 0 Å². The van der Waals surface area contributed by atoms with Crippen LogP contribution in [0.4, 0.5) is 0 Å². The third kappa shape index (κ3) is 4.89. The van der Waals surface area contributed by atoms with E-state index in [4.69, 9.17) is 10.00 Å². The Balaban J connectivity index is 1.47. The number of ether oxygens (including phenoxy) is 1. The van der Waals surface area contributed by atoms with Crippen molar-refractivity contribution in [1.82, 2.24) is 10.2 Å². The minimum Gasteiger partial charge on any atom is -0.481 e. The first-order valence-electron chi connectivity index (χ1n) is 9.38. The number of rotatable bonds is 5. The highest BCUT2D eigenvalue weighted by Crippen LogP contribution is 2.17. The topological polar surface area (TPSA) is 82.4 Å². The Hall–Kier alpha value is -3.33. The average Bonchev–Trinajstić information content (AvgIpc) is 2.75. The fourth-order valence-corrected chi connectivity index (χ4v) is 3.22. The molecule has 144 valence electrons. The fourth-order valence-electron chi connectivity index (χ4n) is 3.22. The van der Waals surface area contributed by atoms with E-state index in [1.807, 2.05) is 24.3 Å². The molecule has 1 aliphatic heterocycles. The van der Waals surface area contributed by atoms with Crippen LogP contribution in [-0.4, -0.2) is 41.9 Å². The number of piperidine rings is 1. The van der Waals surface area contributed by atoms with Gasteiger partial charge in [-0.15, -0.1) is 0 Å². The summed E-state index contributed by atoms with van der Waals surface area (Å²) in [6.07, 6.45) is 0.824. The van der Waals surface area contributed by atoms with Gasteiger partial charge in [-0.1, -0.05) is 18.2 Å². The predicted octanol–water partition coefficient (Wildman–Crippen LogP) is 2.75. The molecule has 3 rings (SSSR count). The molecule has 2 aromatic carbocycles. The summed E-state index contributed by atoms with van der Waals surface area (Å²) in [4.78, 5) is 26.7. The second-order valence-electron chi connectivity index (χ2n) is 6.84. The molecule has 6 heteroatoms. The highest BCUT2D eigenvalue weighted by Gasteiger charge is 2.27. The summed E-state index contributed by atoms with van der Waals surface area (Å²) in [7, 11) is 0. The molecule has 1 saturated heterocycles. The van der Waals surface area contributed by atoms with Crippen molar-refractivity contribution < 1.29 is 14.3 Å². The van der Waals surface area contributed by atoms with E-state index in [1.165, 1.54) is 0 Å². The van der Waals surface area contributed by atoms with Crippen LogP contribution in [-0.2, 0) is 4.79 Å². The van der Waals surface area contributed by atoms with E-state index in [-0.39, 0.29) is 17.9 Å². The summed E-state index contributed by atoms with van der Waals surface area (Å²) in [6, 6.07) is 17.9. The van der Waals surface area contributed by atoms with E-state index >= 15 is 0 Å². The summed E-state index contributed by atoms with van der Waals surface area (Å²) in [5, 5.41) is 11.9. The molecular formula is C22H23N3O3. The predicted molar refractivity (Wildman–Crippen MR) is 105 cm³/mol. The van der Waals surface area contributed by atoms with Gasteiger partial charge in [-0.05, 0) is 56.2 Å². The number of nitrogens with one attached hydrogen (secondary N) is 1. The van der Waals surface area contributed by atoms with Crippen molar-refractivity contribution >= 4 is 11.8 Å². The Morgan fingerprint density at radius 3 is 2.36 bits per heavy atom. The number of nitrogens with zero attached hydrogens (tertiary/aromatic N) is 2. The molecule has 0 radical (unpaired) electrons. The molecule has 0 spiro atoms. The first-order valence-corrected chi connectivity index (χ1v) is 9.38. The number of hydrogen-bond acceptors (Lipinski definition) is 4. The first-order chi connectivity index (χ1) is 13.6. The van der Waals surface area contributed by atoms with Crippen molar-refractivity contribution in [3.8, 4) is 11.8 Å². The molecular weight excluding hydrogens is 354 g/mol. The maximum absolute atomic E-state index is 12.6. The van der Waals surface area contributed by atoms with Crippen molar-refractivity contribution in [1.29, 1.82) is 5.26 Å². The van der Waals surface area contributed by atoms with Gasteiger partial charge >= 0.3 is 0 Å². The van der Waals surface area contributed by atoms with Gasteiger partial charge in [0.05, 0.1) is 11.6 Å². The van der Waals surface area contributed by atoms with Crippen molar-refractivity contribution in [2.45, 2.75) is 31.9 Å². The molecule has 6 nitrogen and oxygen atoms in total. The second kappa shape index (κ2) is 9.05. The smallest absolute Gasteiger partial charge is 0.263 e. The minimum absolute atomic E-state index is 0.0616. The van der Waals surface area contributed by atoms with Crippen LogP contribution in [0.3, 0.4) is 0 Å². The first kappa shape index (κ1) is 19.4. The molecule has 1 N–H and O–H groups in total. The molecule has 28 heavy (non-hydrogen) atoms. The lowest BCUT2D eigenvalue weighted by Gasteiger charge is -2.33. The molecule has 0 saturated carbocycles. The van der Waals surface area contributed by atoms with E-state index in [9.17, 15) is 9.59 Å². The van der Waals surface area contributed by atoms with Gasteiger partial charge in [0.2, 0.25) is 0 Å². The molecule has 0 aliphatic carbocycles. The van der Waals surface area contributed by atoms with E-state index < -0.39 is 6.10 Å². The average molecular weight is 377 g/mol. The number of benzene rings is 2. The molecule has 0 aromatic heterocycles. The third-order valence-corrected chi connectivity index (χ3v) is 4.82. The van der Waals surface area contributed by atoms with Crippen molar-refractivity contribution in [2.75, 3.05) is 13.1 Å². The second-order valence-corrected chi connectivity index (χ2v) is 6.84. The van der Waals surface area contributed by atoms with Crippen molar-refractivity contribution in [3.05, 3.63) is 65.7 Å². The zero-order chi connectivity index (χ0) is 19.9. The zero-order valence-electron chi connectivity index (χ0n) is 15.8. The number of likely N-dealkylation sites (tertiary alicyclic amines) is 1. The maximum atomic E-state index is 12.6.